The molecule has 0 bridgehead atoms. The van der Waals surface area contributed by atoms with E-state index in [0.29, 0.717) is 0 Å². The first kappa shape index (κ1) is 13.9. The number of aliphatic imine (C=N–C) groups is 1. The quantitative estimate of drug-likeness (QED) is 0.608. The van der Waals surface area contributed by atoms with Crippen LogP contribution in [0.3, 0.4) is 0 Å². The van der Waals surface area contributed by atoms with E-state index in [9.17, 15) is 0 Å². The van der Waals surface area contributed by atoms with E-state index in [1.807, 2.05) is 7.05 Å². The molecular weight excluding hydrogens is 234 g/mol. The lowest BCUT2D eigenvalue weighted by molar-refractivity contribution is 0.734. The molecule has 1 aliphatic rings. The molecule has 0 radical (unpaired) electrons. The molecule has 0 aliphatic heterocycles. The predicted molar refractivity (Wildman–Crippen MR) is 81.6 cm³/mol. The van der Waals surface area contributed by atoms with Gasteiger partial charge < -0.3 is 10.6 Å². The third kappa shape index (κ3) is 4.93. The number of aryl methyl sites for hydroxylation is 1. The minimum atomic E-state index is 0.875. The summed E-state index contributed by atoms with van der Waals surface area (Å²) in [5, 5.41) is 6.74. The van der Waals surface area contributed by atoms with Crippen LogP contribution in [0.5, 0.6) is 0 Å². The Balaban J connectivity index is 1.68. The predicted octanol–water partition coefficient (Wildman–Crippen LogP) is 2.37. The van der Waals surface area contributed by atoms with Crippen molar-refractivity contribution in [3.05, 3.63) is 35.4 Å². The van der Waals surface area contributed by atoms with E-state index in [1.54, 1.807) is 0 Å². The van der Waals surface area contributed by atoms with Gasteiger partial charge in [0.2, 0.25) is 0 Å². The number of nitrogens with one attached hydrogen (secondary N) is 2. The molecule has 0 heterocycles. The van der Waals surface area contributed by atoms with Crippen molar-refractivity contribution >= 4 is 5.96 Å². The van der Waals surface area contributed by atoms with Gasteiger partial charge in [0.1, 0.15) is 0 Å². The molecule has 19 heavy (non-hydrogen) atoms. The maximum atomic E-state index is 4.24. The first-order valence-corrected chi connectivity index (χ1v) is 7.34. The first-order chi connectivity index (χ1) is 9.31. The van der Waals surface area contributed by atoms with Gasteiger partial charge in [0.25, 0.3) is 0 Å². The molecule has 0 spiro atoms. The number of hydrogen-bond donors (Lipinski definition) is 2. The van der Waals surface area contributed by atoms with Gasteiger partial charge in [-0.3, -0.25) is 4.99 Å². The van der Waals surface area contributed by atoms with Crippen LogP contribution in [0.15, 0.2) is 29.3 Å². The lowest BCUT2D eigenvalue weighted by atomic mass is 10.1. The molecule has 2 N–H and O–H groups in total. The maximum absolute atomic E-state index is 4.24. The summed E-state index contributed by atoms with van der Waals surface area (Å²) in [7, 11) is 1.83. The fourth-order valence-electron chi connectivity index (χ4n) is 2.05. The molecular formula is C16H25N3. The molecule has 3 heteroatoms. The number of hydrogen-bond acceptors (Lipinski definition) is 1. The van der Waals surface area contributed by atoms with Crippen molar-refractivity contribution < 1.29 is 0 Å². The van der Waals surface area contributed by atoms with Crippen LogP contribution in [0.1, 0.15) is 30.9 Å². The smallest absolute Gasteiger partial charge is 0.190 e. The van der Waals surface area contributed by atoms with Gasteiger partial charge in [0.15, 0.2) is 5.96 Å². The Labute approximate surface area is 116 Å². The molecule has 2 rings (SSSR count). The van der Waals surface area contributed by atoms with Crippen LogP contribution in [0.25, 0.3) is 0 Å². The van der Waals surface area contributed by atoms with Crippen molar-refractivity contribution in [3.63, 3.8) is 0 Å². The van der Waals surface area contributed by atoms with Gasteiger partial charge in [-0.1, -0.05) is 31.2 Å². The van der Waals surface area contributed by atoms with Crippen molar-refractivity contribution in [3.8, 4) is 0 Å². The Kier molecular flexibility index (Phi) is 5.25. The monoisotopic (exact) mass is 259 g/mol. The van der Waals surface area contributed by atoms with E-state index in [2.05, 4.69) is 46.8 Å². The summed E-state index contributed by atoms with van der Waals surface area (Å²) in [6.07, 6.45) is 4.88. The molecule has 104 valence electrons. The standard InChI is InChI=1S/C16H25N3/c1-3-13-4-6-14(7-5-13)10-11-18-16(17-2)19-12-15-8-9-15/h4-7,15H,3,8-12H2,1-2H3,(H2,17,18,19). The minimum Gasteiger partial charge on any atom is -0.356 e. The molecule has 0 unspecified atom stereocenters. The molecule has 0 saturated heterocycles. The molecule has 0 amide bonds. The third-order valence-electron chi connectivity index (χ3n) is 3.62. The SMILES string of the molecule is CCc1ccc(CCNC(=NC)NCC2CC2)cc1. The van der Waals surface area contributed by atoms with Crippen LogP contribution in [0.4, 0.5) is 0 Å². The summed E-state index contributed by atoms with van der Waals surface area (Å²) in [6.45, 7) is 4.17. The van der Waals surface area contributed by atoms with Gasteiger partial charge in [0.05, 0.1) is 0 Å². The van der Waals surface area contributed by atoms with Crippen molar-refractivity contribution in [2.24, 2.45) is 10.9 Å². The summed E-state index contributed by atoms with van der Waals surface area (Å²) in [5.74, 6) is 1.80. The lowest BCUT2D eigenvalue weighted by Gasteiger charge is -2.11. The van der Waals surface area contributed by atoms with Gasteiger partial charge in [-0.25, -0.2) is 0 Å². The second kappa shape index (κ2) is 7.17. The summed E-state index contributed by atoms with van der Waals surface area (Å²) >= 11 is 0. The first-order valence-electron chi connectivity index (χ1n) is 7.34. The van der Waals surface area contributed by atoms with Gasteiger partial charge in [-0.15, -0.1) is 0 Å². The van der Waals surface area contributed by atoms with Crippen molar-refractivity contribution in [1.82, 2.24) is 10.6 Å². The van der Waals surface area contributed by atoms with E-state index in [4.69, 9.17) is 0 Å². The number of benzene rings is 1. The van der Waals surface area contributed by atoms with Crippen LogP contribution in [-0.4, -0.2) is 26.1 Å². The Morgan fingerprint density at radius 1 is 1.16 bits per heavy atom. The highest BCUT2D eigenvalue weighted by Crippen LogP contribution is 2.27. The van der Waals surface area contributed by atoms with Crippen LogP contribution in [0.2, 0.25) is 0 Å². The Morgan fingerprint density at radius 2 is 1.84 bits per heavy atom. The summed E-state index contributed by atoms with van der Waals surface area (Å²) in [6, 6.07) is 8.88. The number of nitrogens with zero attached hydrogens (tertiary/aromatic N) is 1. The fourth-order valence-corrected chi connectivity index (χ4v) is 2.05. The fraction of sp³-hybridized carbons (Fsp3) is 0.562. The summed E-state index contributed by atoms with van der Waals surface area (Å²) in [4.78, 5) is 4.24. The molecule has 1 aromatic rings. The second-order valence-corrected chi connectivity index (χ2v) is 5.24. The van der Waals surface area contributed by atoms with E-state index in [-0.39, 0.29) is 0 Å². The average molecular weight is 259 g/mol. The topological polar surface area (TPSA) is 36.4 Å². The molecule has 0 atom stereocenters. The summed E-state index contributed by atoms with van der Waals surface area (Å²) < 4.78 is 0. The highest BCUT2D eigenvalue weighted by Gasteiger charge is 2.20. The van der Waals surface area contributed by atoms with Crippen LogP contribution < -0.4 is 10.6 Å². The van der Waals surface area contributed by atoms with Crippen molar-refractivity contribution in [1.29, 1.82) is 0 Å². The van der Waals surface area contributed by atoms with Gasteiger partial charge in [0, 0.05) is 20.1 Å². The van der Waals surface area contributed by atoms with E-state index < -0.39 is 0 Å². The molecule has 1 aromatic carbocycles. The zero-order valence-electron chi connectivity index (χ0n) is 12.1. The van der Waals surface area contributed by atoms with Gasteiger partial charge in [-0.2, -0.15) is 0 Å². The average Bonchev–Trinajstić information content (AvgIpc) is 3.27. The molecule has 1 saturated carbocycles. The zero-order chi connectivity index (χ0) is 13.5. The number of guanidine groups is 1. The summed E-state index contributed by atoms with van der Waals surface area (Å²) in [5.41, 5.74) is 2.78. The Hall–Kier alpha value is -1.51. The highest BCUT2D eigenvalue weighted by atomic mass is 15.2. The lowest BCUT2D eigenvalue weighted by Crippen LogP contribution is -2.39. The number of rotatable bonds is 6. The zero-order valence-corrected chi connectivity index (χ0v) is 12.1. The van der Waals surface area contributed by atoms with Crippen molar-refractivity contribution in [2.75, 3.05) is 20.1 Å². The third-order valence-corrected chi connectivity index (χ3v) is 3.62. The van der Waals surface area contributed by atoms with E-state index in [0.717, 1.165) is 37.8 Å². The van der Waals surface area contributed by atoms with Crippen LogP contribution >= 0.6 is 0 Å². The normalized spacial score (nSPS) is 15.4. The molecule has 0 aromatic heterocycles. The molecule has 1 aliphatic carbocycles. The van der Waals surface area contributed by atoms with Crippen LogP contribution in [0, 0.1) is 5.92 Å². The van der Waals surface area contributed by atoms with E-state index in [1.165, 1.54) is 24.0 Å². The molecule has 3 nitrogen and oxygen atoms in total. The highest BCUT2D eigenvalue weighted by molar-refractivity contribution is 5.79. The van der Waals surface area contributed by atoms with Crippen molar-refractivity contribution in [2.45, 2.75) is 32.6 Å². The van der Waals surface area contributed by atoms with Gasteiger partial charge in [-0.05, 0) is 42.7 Å². The minimum absolute atomic E-state index is 0.875. The Bertz CT molecular complexity index is 405. The molecule has 1 fully saturated rings. The van der Waals surface area contributed by atoms with Gasteiger partial charge >= 0.3 is 0 Å². The Morgan fingerprint density at radius 3 is 2.42 bits per heavy atom. The van der Waals surface area contributed by atoms with E-state index >= 15 is 0 Å². The second-order valence-electron chi connectivity index (χ2n) is 5.24. The largest absolute Gasteiger partial charge is 0.356 e. The maximum Gasteiger partial charge on any atom is 0.190 e. The van der Waals surface area contributed by atoms with Crippen LogP contribution in [-0.2, 0) is 12.8 Å².